The van der Waals surface area contributed by atoms with Crippen LogP contribution in [0.3, 0.4) is 0 Å². The molecule has 0 radical (unpaired) electrons. The highest BCUT2D eigenvalue weighted by molar-refractivity contribution is 7.91. The number of rotatable bonds is 5. The smallest absolute Gasteiger partial charge is 0.292 e. The molecule has 0 aromatic carbocycles. The number of hydrogen-bond acceptors (Lipinski definition) is 6. The molecule has 0 aliphatic heterocycles. The summed E-state index contributed by atoms with van der Waals surface area (Å²) in [5.41, 5.74) is 0. The number of nitrogens with one attached hydrogen (secondary N) is 1. The Kier molecular flexibility index (Phi) is 3.99. The minimum absolute atomic E-state index is 0.0442. The molecule has 0 saturated heterocycles. The summed E-state index contributed by atoms with van der Waals surface area (Å²) in [6.45, 7) is 3.16. The van der Waals surface area contributed by atoms with E-state index in [9.17, 15) is 13.2 Å². The molecule has 1 heterocycles. The lowest BCUT2D eigenvalue weighted by atomic mass is 10.5. The molecule has 7 nitrogen and oxygen atoms in total. The van der Waals surface area contributed by atoms with Gasteiger partial charge in [0.2, 0.25) is 5.89 Å². The van der Waals surface area contributed by atoms with Gasteiger partial charge in [-0.25, -0.2) is 8.42 Å². The Morgan fingerprint density at radius 1 is 1.50 bits per heavy atom. The van der Waals surface area contributed by atoms with Gasteiger partial charge in [0.25, 0.3) is 11.7 Å². The number of carbonyl (C=O) groups is 1. The average molecular weight is 247 g/mol. The van der Waals surface area contributed by atoms with Crippen molar-refractivity contribution in [2.24, 2.45) is 0 Å². The molecule has 0 aliphatic rings. The Balaban J connectivity index is 2.43. The molecule has 0 unspecified atom stereocenters. The summed E-state index contributed by atoms with van der Waals surface area (Å²) >= 11 is 0. The Bertz CT molecular complexity index is 465. The van der Waals surface area contributed by atoms with Crippen LogP contribution >= 0.6 is 0 Å². The quantitative estimate of drug-likeness (QED) is 0.755. The zero-order valence-corrected chi connectivity index (χ0v) is 9.87. The molecule has 1 N–H and O–H groups in total. The van der Waals surface area contributed by atoms with Crippen molar-refractivity contribution in [3.8, 4) is 0 Å². The van der Waals surface area contributed by atoms with Crippen LogP contribution in [0.5, 0.6) is 0 Å². The van der Waals surface area contributed by atoms with E-state index < -0.39 is 15.7 Å². The van der Waals surface area contributed by atoms with E-state index in [0.717, 1.165) is 0 Å². The van der Waals surface area contributed by atoms with Crippen molar-refractivity contribution in [2.45, 2.75) is 13.8 Å². The molecule has 0 atom stereocenters. The highest BCUT2D eigenvalue weighted by Gasteiger charge is 2.13. The van der Waals surface area contributed by atoms with E-state index >= 15 is 0 Å². The predicted molar refractivity (Wildman–Crippen MR) is 55.7 cm³/mol. The van der Waals surface area contributed by atoms with Crippen molar-refractivity contribution in [1.82, 2.24) is 15.5 Å². The van der Waals surface area contributed by atoms with E-state index in [4.69, 9.17) is 0 Å². The molecule has 90 valence electrons. The summed E-state index contributed by atoms with van der Waals surface area (Å²) in [6, 6.07) is 0. The summed E-state index contributed by atoms with van der Waals surface area (Å²) in [4.78, 5) is 15.0. The fourth-order valence-corrected chi connectivity index (χ4v) is 1.64. The summed E-state index contributed by atoms with van der Waals surface area (Å²) in [6.07, 6.45) is 0. The van der Waals surface area contributed by atoms with E-state index in [1.165, 1.54) is 0 Å². The van der Waals surface area contributed by atoms with E-state index in [1.807, 2.05) is 0 Å². The number of aromatic nitrogens is 2. The summed E-state index contributed by atoms with van der Waals surface area (Å²) < 4.78 is 26.9. The van der Waals surface area contributed by atoms with Gasteiger partial charge in [-0.2, -0.15) is 4.98 Å². The van der Waals surface area contributed by atoms with Gasteiger partial charge in [0.1, 0.15) is 0 Å². The minimum Gasteiger partial charge on any atom is -0.348 e. The number of amides is 1. The molecule has 0 bridgehead atoms. The molecule has 1 rings (SSSR count). The van der Waals surface area contributed by atoms with Gasteiger partial charge in [0, 0.05) is 19.2 Å². The number of carbonyl (C=O) groups excluding carboxylic acids is 1. The zero-order valence-electron chi connectivity index (χ0n) is 9.06. The Morgan fingerprint density at radius 3 is 2.69 bits per heavy atom. The van der Waals surface area contributed by atoms with E-state index in [1.54, 1.807) is 13.8 Å². The van der Waals surface area contributed by atoms with Gasteiger partial charge in [-0.3, -0.25) is 4.79 Å². The average Bonchev–Trinajstić information content (AvgIpc) is 2.64. The maximum atomic E-state index is 11.3. The normalized spacial score (nSPS) is 11.4. The van der Waals surface area contributed by atoms with Gasteiger partial charge < -0.3 is 9.84 Å². The fraction of sp³-hybridized carbons (Fsp3) is 0.625. The highest BCUT2D eigenvalue weighted by atomic mass is 32.2. The molecule has 16 heavy (non-hydrogen) atoms. The number of sulfone groups is 1. The molecule has 1 amide bonds. The van der Waals surface area contributed by atoms with E-state index in [0.29, 0.717) is 0 Å². The first kappa shape index (κ1) is 12.6. The first-order valence-corrected chi connectivity index (χ1v) is 6.55. The lowest BCUT2D eigenvalue weighted by Crippen LogP contribution is -2.30. The fourth-order valence-electron chi connectivity index (χ4n) is 0.935. The second kappa shape index (κ2) is 5.06. The molecule has 1 aromatic rings. The van der Waals surface area contributed by atoms with Crippen molar-refractivity contribution in [3.63, 3.8) is 0 Å². The van der Waals surface area contributed by atoms with E-state index in [-0.39, 0.29) is 29.8 Å². The topological polar surface area (TPSA) is 102 Å². The second-order valence-electron chi connectivity index (χ2n) is 3.13. The van der Waals surface area contributed by atoms with Crippen molar-refractivity contribution in [3.05, 3.63) is 11.7 Å². The molecule has 1 aromatic heterocycles. The minimum atomic E-state index is -3.07. The lowest BCUT2D eigenvalue weighted by Gasteiger charge is -2.01. The van der Waals surface area contributed by atoms with Gasteiger partial charge in [-0.15, -0.1) is 0 Å². The summed E-state index contributed by atoms with van der Waals surface area (Å²) in [7, 11) is -3.07. The Labute approximate surface area is 93.1 Å². The molecule has 0 spiro atoms. The van der Waals surface area contributed by atoms with Crippen LogP contribution in [0.15, 0.2) is 4.52 Å². The van der Waals surface area contributed by atoms with Gasteiger partial charge in [0.15, 0.2) is 9.84 Å². The number of nitrogens with zero attached hydrogens (tertiary/aromatic N) is 2. The molecule has 0 aliphatic carbocycles. The predicted octanol–water partition coefficient (Wildman–Crippen LogP) is -0.457. The first-order chi connectivity index (χ1) is 7.44. The maximum Gasteiger partial charge on any atom is 0.292 e. The highest BCUT2D eigenvalue weighted by Crippen LogP contribution is 1.94. The molecule has 8 heteroatoms. The monoisotopic (exact) mass is 247 g/mol. The molecular weight excluding hydrogens is 234 g/mol. The maximum absolute atomic E-state index is 11.3. The summed E-state index contributed by atoms with van der Waals surface area (Å²) in [5.74, 6) is -0.378. The van der Waals surface area contributed by atoms with Crippen LogP contribution in [0.25, 0.3) is 0 Å². The van der Waals surface area contributed by atoms with Gasteiger partial charge in [0.05, 0.1) is 5.75 Å². The first-order valence-electron chi connectivity index (χ1n) is 4.73. The third kappa shape index (κ3) is 3.61. The van der Waals surface area contributed by atoms with Crippen molar-refractivity contribution >= 4 is 15.7 Å². The van der Waals surface area contributed by atoms with Crippen LogP contribution in [0, 0.1) is 6.92 Å². The standard InChI is InChI=1S/C8H13N3O4S/c1-3-16(13,14)5-4-9-8(12)7-10-6(2)15-11-7/h3-5H2,1-2H3,(H,9,12). The van der Waals surface area contributed by atoms with Crippen LogP contribution in [0.4, 0.5) is 0 Å². The van der Waals surface area contributed by atoms with Crippen LogP contribution in [-0.2, 0) is 9.84 Å². The lowest BCUT2D eigenvalue weighted by molar-refractivity contribution is 0.0943. The third-order valence-electron chi connectivity index (χ3n) is 1.87. The van der Waals surface area contributed by atoms with Gasteiger partial charge in [-0.05, 0) is 0 Å². The van der Waals surface area contributed by atoms with Crippen molar-refractivity contribution in [2.75, 3.05) is 18.1 Å². The van der Waals surface area contributed by atoms with Crippen LogP contribution in [0.2, 0.25) is 0 Å². The Morgan fingerprint density at radius 2 is 2.19 bits per heavy atom. The third-order valence-corrected chi connectivity index (χ3v) is 3.57. The molecule has 0 fully saturated rings. The zero-order chi connectivity index (χ0) is 12.2. The van der Waals surface area contributed by atoms with Crippen LogP contribution < -0.4 is 5.32 Å². The van der Waals surface area contributed by atoms with E-state index in [2.05, 4.69) is 20.0 Å². The molecular formula is C8H13N3O4S. The number of aryl methyl sites for hydroxylation is 1. The second-order valence-corrected chi connectivity index (χ2v) is 5.60. The van der Waals surface area contributed by atoms with Crippen LogP contribution in [-0.4, -0.2) is 42.5 Å². The largest absolute Gasteiger partial charge is 0.348 e. The van der Waals surface area contributed by atoms with Crippen molar-refractivity contribution < 1.29 is 17.7 Å². The SMILES string of the molecule is CCS(=O)(=O)CCNC(=O)c1noc(C)n1. The van der Waals surface area contributed by atoms with Crippen molar-refractivity contribution in [1.29, 1.82) is 0 Å². The van der Waals surface area contributed by atoms with Crippen LogP contribution in [0.1, 0.15) is 23.4 Å². The molecule has 0 saturated carbocycles. The van der Waals surface area contributed by atoms with Gasteiger partial charge >= 0.3 is 0 Å². The number of hydrogen-bond donors (Lipinski definition) is 1. The Hall–Kier alpha value is -1.44. The van der Waals surface area contributed by atoms with Gasteiger partial charge in [-0.1, -0.05) is 12.1 Å². The summed E-state index contributed by atoms with van der Waals surface area (Å²) in [5, 5.41) is 5.80.